The number of benzene rings is 2. The number of rotatable bonds is 4. The average Bonchev–Trinajstić information content (AvgIpc) is 2.55. The Balaban J connectivity index is 2.06. The Morgan fingerprint density at radius 1 is 0.952 bits per heavy atom. The van der Waals surface area contributed by atoms with E-state index in [0.29, 0.717) is 6.42 Å². The number of hydrogen-bond acceptors (Lipinski definition) is 3. The predicted octanol–water partition coefficient (Wildman–Crippen LogP) is 3.84. The maximum absolute atomic E-state index is 5.45. The van der Waals surface area contributed by atoms with Crippen molar-refractivity contribution >= 4 is 10.8 Å². The second-order valence-electron chi connectivity index (χ2n) is 4.83. The zero-order chi connectivity index (χ0) is 14.7. The van der Waals surface area contributed by atoms with Gasteiger partial charge in [-0.2, -0.15) is 0 Å². The first kappa shape index (κ1) is 13.4. The van der Waals surface area contributed by atoms with Crippen molar-refractivity contribution < 1.29 is 9.47 Å². The van der Waals surface area contributed by atoms with Crippen LogP contribution in [0.25, 0.3) is 10.8 Å². The molecule has 3 rings (SSSR count). The molecular weight excluding hydrogens is 262 g/mol. The zero-order valence-corrected chi connectivity index (χ0v) is 12.2. The van der Waals surface area contributed by atoms with Crippen LogP contribution in [0.5, 0.6) is 11.5 Å². The van der Waals surface area contributed by atoms with Crippen molar-refractivity contribution in [1.29, 1.82) is 0 Å². The normalized spacial score (nSPS) is 10.6. The van der Waals surface area contributed by atoms with Gasteiger partial charge >= 0.3 is 0 Å². The minimum absolute atomic E-state index is 0.710. The maximum atomic E-state index is 5.45. The van der Waals surface area contributed by atoms with Crippen molar-refractivity contribution in [3.63, 3.8) is 0 Å². The first-order chi connectivity index (χ1) is 10.3. The Labute approximate surface area is 124 Å². The van der Waals surface area contributed by atoms with Crippen LogP contribution in [0.2, 0.25) is 0 Å². The SMILES string of the molecule is COc1ccc(OC)c(Cc2nccc3ccccc23)c1. The third-order valence-electron chi connectivity index (χ3n) is 3.60. The molecule has 1 heterocycles. The Hall–Kier alpha value is -2.55. The summed E-state index contributed by atoms with van der Waals surface area (Å²) < 4.78 is 10.7. The smallest absolute Gasteiger partial charge is 0.122 e. The van der Waals surface area contributed by atoms with Crippen LogP contribution in [0, 0.1) is 0 Å². The standard InChI is InChI=1S/C18H17NO2/c1-20-15-7-8-18(21-2)14(11-15)12-17-16-6-4-3-5-13(16)9-10-19-17/h3-11H,12H2,1-2H3. The van der Waals surface area contributed by atoms with E-state index in [1.807, 2.05) is 42.6 Å². The van der Waals surface area contributed by atoms with Crippen LogP contribution >= 0.6 is 0 Å². The summed E-state index contributed by atoms with van der Waals surface area (Å²) >= 11 is 0. The van der Waals surface area contributed by atoms with E-state index >= 15 is 0 Å². The summed E-state index contributed by atoms with van der Waals surface area (Å²) in [6.45, 7) is 0. The van der Waals surface area contributed by atoms with Gasteiger partial charge < -0.3 is 9.47 Å². The third-order valence-corrected chi connectivity index (χ3v) is 3.60. The first-order valence-electron chi connectivity index (χ1n) is 6.85. The maximum Gasteiger partial charge on any atom is 0.122 e. The molecular formula is C18H17NO2. The Morgan fingerprint density at radius 2 is 1.81 bits per heavy atom. The fourth-order valence-electron chi connectivity index (χ4n) is 2.52. The molecule has 0 spiro atoms. The Bertz CT molecular complexity index is 763. The van der Waals surface area contributed by atoms with Crippen LogP contribution in [-0.4, -0.2) is 19.2 Å². The van der Waals surface area contributed by atoms with E-state index in [2.05, 4.69) is 17.1 Å². The molecule has 0 aliphatic rings. The Morgan fingerprint density at radius 3 is 2.62 bits per heavy atom. The van der Waals surface area contributed by atoms with Crippen molar-refractivity contribution in [3.8, 4) is 11.5 Å². The van der Waals surface area contributed by atoms with Gasteiger partial charge in [-0.05, 0) is 29.7 Å². The lowest BCUT2D eigenvalue weighted by Crippen LogP contribution is -1.98. The van der Waals surface area contributed by atoms with E-state index in [1.165, 1.54) is 10.8 Å². The van der Waals surface area contributed by atoms with Gasteiger partial charge in [-0.3, -0.25) is 4.98 Å². The first-order valence-corrected chi connectivity index (χ1v) is 6.85. The lowest BCUT2D eigenvalue weighted by atomic mass is 10.0. The van der Waals surface area contributed by atoms with Gasteiger partial charge in [0, 0.05) is 23.6 Å². The highest BCUT2D eigenvalue weighted by Gasteiger charge is 2.09. The van der Waals surface area contributed by atoms with Crippen molar-refractivity contribution in [2.75, 3.05) is 14.2 Å². The van der Waals surface area contributed by atoms with Gasteiger partial charge in [-0.15, -0.1) is 0 Å². The molecule has 3 aromatic rings. The van der Waals surface area contributed by atoms with E-state index in [-0.39, 0.29) is 0 Å². The molecule has 2 aromatic carbocycles. The van der Waals surface area contributed by atoms with Crippen LogP contribution in [-0.2, 0) is 6.42 Å². The lowest BCUT2D eigenvalue weighted by Gasteiger charge is -2.11. The van der Waals surface area contributed by atoms with Crippen LogP contribution in [0.3, 0.4) is 0 Å². The van der Waals surface area contributed by atoms with Crippen molar-refractivity contribution in [2.24, 2.45) is 0 Å². The zero-order valence-electron chi connectivity index (χ0n) is 12.2. The molecule has 0 N–H and O–H groups in total. The van der Waals surface area contributed by atoms with Gasteiger partial charge in [-0.1, -0.05) is 24.3 Å². The number of pyridine rings is 1. The summed E-state index contributed by atoms with van der Waals surface area (Å²) in [7, 11) is 3.35. The summed E-state index contributed by atoms with van der Waals surface area (Å²) in [5.41, 5.74) is 2.11. The lowest BCUT2D eigenvalue weighted by molar-refractivity contribution is 0.399. The fourth-order valence-corrected chi connectivity index (χ4v) is 2.52. The molecule has 0 aliphatic carbocycles. The molecule has 3 heteroatoms. The van der Waals surface area contributed by atoms with Gasteiger partial charge in [-0.25, -0.2) is 0 Å². The topological polar surface area (TPSA) is 31.4 Å². The van der Waals surface area contributed by atoms with Crippen LogP contribution < -0.4 is 9.47 Å². The molecule has 0 fully saturated rings. The second-order valence-corrected chi connectivity index (χ2v) is 4.83. The summed E-state index contributed by atoms with van der Waals surface area (Å²) in [5.74, 6) is 1.68. The minimum atomic E-state index is 0.710. The van der Waals surface area contributed by atoms with Crippen molar-refractivity contribution in [2.45, 2.75) is 6.42 Å². The van der Waals surface area contributed by atoms with Crippen molar-refractivity contribution in [3.05, 3.63) is 66.0 Å². The van der Waals surface area contributed by atoms with E-state index < -0.39 is 0 Å². The summed E-state index contributed by atoms with van der Waals surface area (Å²) in [5, 5.41) is 2.37. The van der Waals surface area contributed by atoms with E-state index in [9.17, 15) is 0 Å². The van der Waals surface area contributed by atoms with Gasteiger partial charge in [0.25, 0.3) is 0 Å². The minimum Gasteiger partial charge on any atom is -0.497 e. The van der Waals surface area contributed by atoms with E-state index in [0.717, 1.165) is 22.8 Å². The Kier molecular flexibility index (Phi) is 3.73. The molecule has 1 aromatic heterocycles. The highest BCUT2D eigenvalue weighted by atomic mass is 16.5. The molecule has 0 unspecified atom stereocenters. The number of methoxy groups -OCH3 is 2. The average molecular weight is 279 g/mol. The molecule has 0 saturated heterocycles. The van der Waals surface area contributed by atoms with Crippen LogP contribution in [0.1, 0.15) is 11.3 Å². The second kappa shape index (κ2) is 5.83. The molecule has 0 aliphatic heterocycles. The monoisotopic (exact) mass is 279 g/mol. The summed E-state index contributed by atoms with van der Waals surface area (Å²) in [6.07, 6.45) is 2.56. The number of fused-ring (bicyclic) bond motifs is 1. The molecule has 21 heavy (non-hydrogen) atoms. The van der Waals surface area contributed by atoms with Gasteiger partial charge in [0.1, 0.15) is 11.5 Å². The molecule has 0 amide bonds. The largest absolute Gasteiger partial charge is 0.497 e. The van der Waals surface area contributed by atoms with E-state index in [1.54, 1.807) is 14.2 Å². The molecule has 106 valence electrons. The molecule has 0 radical (unpaired) electrons. The molecule has 0 bridgehead atoms. The summed E-state index contributed by atoms with van der Waals surface area (Å²) in [4.78, 5) is 4.54. The highest BCUT2D eigenvalue weighted by Crippen LogP contribution is 2.28. The number of ether oxygens (including phenoxy) is 2. The van der Waals surface area contributed by atoms with Gasteiger partial charge in [0.2, 0.25) is 0 Å². The van der Waals surface area contributed by atoms with Gasteiger partial charge in [0.15, 0.2) is 0 Å². The van der Waals surface area contributed by atoms with E-state index in [4.69, 9.17) is 9.47 Å². The quantitative estimate of drug-likeness (QED) is 0.727. The van der Waals surface area contributed by atoms with Crippen LogP contribution in [0.4, 0.5) is 0 Å². The highest BCUT2D eigenvalue weighted by molar-refractivity contribution is 5.84. The number of nitrogens with zero attached hydrogens (tertiary/aromatic N) is 1. The molecule has 0 atom stereocenters. The number of aromatic nitrogens is 1. The van der Waals surface area contributed by atoms with Crippen molar-refractivity contribution in [1.82, 2.24) is 4.98 Å². The van der Waals surface area contributed by atoms with Gasteiger partial charge in [0.05, 0.1) is 19.9 Å². The predicted molar refractivity (Wildman–Crippen MR) is 84.1 cm³/mol. The van der Waals surface area contributed by atoms with Crippen LogP contribution in [0.15, 0.2) is 54.7 Å². The molecule has 0 saturated carbocycles. The molecule has 3 nitrogen and oxygen atoms in total. The third kappa shape index (κ3) is 2.68. The summed E-state index contributed by atoms with van der Waals surface area (Å²) in [6, 6.07) is 16.1. The number of hydrogen-bond donors (Lipinski definition) is 0. The fraction of sp³-hybridized carbons (Fsp3) is 0.167.